The molecule has 0 aliphatic carbocycles. The van der Waals surface area contributed by atoms with Crippen LogP contribution in [0.25, 0.3) is 0 Å². The summed E-state index contributed by atoms with van der Waals surface area (Å²) in [6.45, 7) is 6.21. The second kappa shape index (κ2) is 5.14. The van der Waals surface area contributed by atoms with E-state index in [2.05, 4.69) is 5.16 Å². The molecule has 0 radical (unpaired) electrons. The molecule has 0 saturated carbocycles. The van der Waals surface area contributed by atoms with Crippen LogP contribution in [0.3, 0.4) is 0 Å². The zero-order valence-corrected chi connectivity index (χ0v) is 13.3. The molecule has 2 heterocycles. The third-order valence-electron chi connectivity index (χ3n) is 3.16. The minimum absolute atomic E-state index is 0.0999. The quantitative estimate of drug-likeness (QED) is 0.859. The summed E-state index contributed by atoms with van der Waals surface area (Å²) in [7, 11) is -3.36. The number of hydrogen-bond acceptors (Lipinski definition) is 5. The normalized spacial score (nSPS) is 12.6. The maximum Gasteiger partial charge on any atom is 0.250 e. The summed E-state index contributed by atoms with van der Waals surface area (Å²) in [5, 5.41) is 3.93. The molecule has 0 atom stereocenters. The van der Waals surface area contributed by atoms with Gasteiger partial charge in [0.1, 0.15) is 12.0 Å². The van der Waals surface area contributed by atoms with Gasteiger partial charge in [-0.15, -0.1) is 0 Å². The molecular formula is C14H18N2O4S. The SMILES string of the molecule is CC(C)(C)c1conc1Cn1cc(S(C)(=O)=O)ccc1=O. The fourth-order valence-electron chi connectivity index (χ4n) is 2.00. The maximum atomic E-state index is 11.9. The van der Waals surface area contributed by atoms with Crippen molar-refractivity contribution >= 4 is 9.84 Å². The zero-order valence-electron chi connectivity index (χ0n) is 12.5. The average Bonchev–Trinajstić information content (AvgIpc) is 2.78. The zero-order chi connectivity index (χ0) is 15.8. The van der Waals surface area contributed by atoms with Gasteiger partial charge in [-0.1, -0.05) is 25.9 Å². The third-order valence-corrected chi connectivity index (χ3v) is 4.25. The van der Waals surface area contributed by atoms with Crippen molar-refractivity contribution in [1.29, 1.82) is 0 Å². The van der Waals surface area contributed by atoms with Crippen LogP contribution in [-0.2, 0) is 21.8 Å². The predicted octanol–water partition coefficient (Wildman–Crippen LogP) is 1.59. The lowest BCUT2D eigenvalue weighted by Gasteiger charge is -2.17. The van der Waals surface area contributed by atoms with E-state index in [-0.39, 0.29) is 22.4 Å². The van der Waals surface area contributed by atoms with Crippen molar-refractivity contribution in [1.82, 2.24) is 9.72 Å². The highest BCUT2D eigenvalue weighted by Crippen LogP contribution is 2.25. The van der Waals surface area contributed by atoms with Crippen LogP contribution in [0, 0.1) is 0 Å². The molecule has 0 saturated heterocycles. The molecule has 0 fully saturated rings. The number of aromatic nitrogens is 2. The van der Waals surface area contributed by atoms with Crippen molar-refractivity contribution in [2.45, 2.75) is 37.6 Å². The van der Waals surface area contributed by atoms with Gasteiger partial charge < -0.3 is 9.09 Å². The number of pyridine rings is 1. The van der Waals surface area contributed by atoms with Gasteiger partial charge in [0.05, 0.1) is 11.4 Å². The van der Waals surface area contributed by atoms with Crippen LogP contribution in [0.15, 0.2) is 38.8 Å². The van der Waals surface area contributed by atoms with Gasteiger partial charge in [0.15, 0.2) is 9.84 Å². The summed E-state index contributed by atoms with van der Waals surface area (Å²) >= 11 is 0. The van der Waals surface area contributed by atoms with E-state index in [1.54, 1.807) is 6.26 Å². The first-order valence-electron chi connectivity index (χ1n) is 6.43. The first kappa shape index (κ1) is 15.5. The highest BCUT2D eigenvalue weighted by atomic mass is 32.2. The largest absolute Gasteiger partial charge is 0.364 e. The van der Waals surface area contributed by atoms with Gasteiger partial charge in [0.25, 0.3) is 5.56 Å². The number of rotatable bonds is 3. The summed E-state index contributed by atoms with van der Waals surface area (Å²) in [4.78, 5) is 12.0. The van der Waals surface area contributed by atoms with Gasteiger partial charge in [0, 0.05) is 24.1 Å². The monoisotopic (exact) mass is 310 g/mol. The highest BCUT2D eigenvalue weighted by molar-refractivity contribution is 7.90. The smallest absolute Gasteiger partial charge is 0.250 e. The van der Waals surface area contributed by atoms with Crippen LogP contribution < -0.4 is 5.56 Å². The fraction of sp³-hybridized carbons (Fsp3) is 0.429. The molecule has 0 aliphatic heterocycles. The first-order valence-corrected chi connectivity index (χ1v) is 8.32. The Kier molecular flexibility index (Phi) is 3.79. The average molecular weight is 310 g/mol. The Morgan fingerprint density at radius 3 is 2.52 bits per heavy atom. The van der Waals surface area contributed by atoms with E-state index in [1.807, 2.05) is 20.8 Å². The van der Waals surface area contributed by atoms with Crippen LogP contribution in [0.2, 0.25) is 0 Å². The second-order valence-electron chi connectivity index (χ2n) is 6.03. The van der Waals surface area contributed by atoms with Crippen molar-refractivity contribution in [2.24, 2.45) is 0 Å². The second-order valence-corrected chi connectivity index (χ2v) is 8.04. The van der Waals surface area contributed by atoms with Crippen LogP contribution in [-0.4, -0.2) is 24.4 Å². The molecule has 0 aromatic carbocycles. The van der Waals surface area contributed by atoms with E-state index in [9.17, 15) is 13.2 Å². The van der Waals surface area contributed by atoms with E-state index in [1.165, 1.54) is 22.9 Å². The number of nitrogens with zero attached hydrogens (tertiary/aromatic N) is 2. The molecule has 0 aliphatic rings. The van der Waals surface area contributed by atoms with Gasteiger partial charge in [-0.25, -0.2) is 8.42 Å². The Hall–Kier alpha value is -1.89. The minimum Gasteiger partial charge on any atom is -0.364 e. The Morgan fingerprint density at radius 2 is 1.95 bits per heavy atom. The minimum atomic E-state index is -3.36. The molecular weight excluding hydrogens is 292 g/mol. The van der Waals surface area contributed by atoms with E-state index in [0.717, 1.165) is 11.8 Å². The Morgan fingerprint density at radius 1 is 1.29 bits per heavy atom. The number of hydrogen-bond donors (Lipinski definition) is 0. The fourth-order valence-corrected chi connectivity index (χ4v) is 2.63. The van der Waals surface area contributed by atoms with Crippen LogP contribution in [0.1, 0.15) is 32.0 Å². The highest BCUT2D eigenvalue weighted by Gasteiger charge is 2.22. The first-order chi connectivity index (χ1) is 9.59. The molecule has 2 aromatic rings. The number of sulfone groups is 1. The molecule has 2 aromatic heterocycles. The van der Waals surface area contributed by atoms with E-state index in [4.69, 9.17) is 4.52 Å². The maximum absolute atomic E-state index is 11.9. The van der Waals surface area contributed by atoms with Crippen molar-refractivity contribution in [3.8, 4) is 0 Å². The van der Waals surface area contributed by atoms with Crippen molar-refractivity contribution in [3.05, 3.63) is 46.2 Å². The van der Waals surface area contributed by atoms with Crippen LogP contribution in [0.4, 0.5) is 0 Å². The molecule has 0 N–H and O–H groups in total. The summed E-state index contributed by atoms with van der Waals surface area (Å²) < 4.78 is 29.5. The summed E-state index contributed by atoms with van der Waals surface area (Å²) in [6, 6.07) is 2.55. The summed E-state index contributed by atoms with van der Waals surface area (Å²) in [5.41, 5.74) is 1.05. The molecule has 0 spiro atoms. The van der Waals surface area contributed by atoms with E-state index >= 15 is 0 Å². The topological polar surface area (TPSA) is 82.2 Å². The van der Waals surface area contributed by atoms with Crippen molar-refractivity contribution in [3.63, 3.8) is 0 Å². The van der Waals surface area contributed by atoms with Crippen molar-refractivity contribution < 1.29 is 12.9 Å². The van der Waals surface area contributed by atoms with Gasteiger partial charge in [-0.3, -0.25) is 4.79 Å². The molecule has 7 heteroatoms. The molecule has 6 nitrogen and oxygen atoms in total. The van der Waals surface area contributed by atoms with Crippen LogP contribution in [0.5, 0.6) is 0 Å². The molecule has 0 bridgehead atoms. The van der Waals surface area contributed by atoms with Gasteiger partial charge in [0.2, 0.25) is 0 Å². The predicted molar refractivity (Wildman–Crippen MR) is 78.1 cm³/mol. The molecule has 0 unspecified atom stereocenters. The van der Waals surface area contributed by atoms with Gasteiger partial charge in [-0.05, 0) is 11.5 Å². The van der Waals surface area contributed by atoms with E-state index < -0.39 is 9.84 Å². The Labute approximate surface area is 123 Å². The van der Waals surface area contributed by atoms with Gasteiger partial charge in [-0.2, -0.15) is 0 Å². The molecule has 21 heavy (non-hydrogen) atoms. The van der Waals surface area contributed by atoms with Crippen molar-refractivity contribution in [2.75, 3.05) is 6.26 Å². The lowest BCUT2D eigenvalue weighted by molar-refractivity contribution is 0.407. The van der Waals surface area contributed by atoms with E-state index in [0.29, 0.717) is 5.69 Å². The van der Waals surface area contributed by atoms with Gasteiger partial charge >= 0.3 is 0 Å². The van der Waals surface area contributed by atoms with Crippen LogP contribution >= 0.6 is 0 Å². The third kappa shape index (κ3) is 3.41. The lowest BCUT2D eigenvalue weighted by atomic mass is 9.87. The Bertz CT molecular complexity index is 810. The summed E-state index contributed by atoms with van der Waals surface area (Å²) in [6.07, 6.45) is 3.99. The molecule has 0 amide bonds. The molecule has 114 valence electrons. The Balaban J connectivity index is 2.46. The standard InChI is InChI=1S/C14H18N2O4S/c1-14(2,3)11-9-20-15-12(11)8-16-7-10(21(4,18)19)5-6-13(16)17/h5-7,9H,8H2,1-4H3. The lowest BCUT2D eigenvalue weighted by Crippen LogP contribution is -2.22. The molecule has 2 rings (SSSR count). The summed E-state index contributed by atoms with van der Waals surface area (Å²) in [5.74, 6) is 0.